The highest BCUT2D eigenvalue weighted by atomic mass is 16.3. The molecule has 3 unspecified atom stereocenters. The highest BCUT2D eigenvalue weighted by molar-refractivity contribution is 6.04. The molecule has 4 heterocycles. The maximum atomic E-state index is 11.2. The van der Waals surface area contributed by atoms with Gasteiger partial charge in [-0.3, -0.25) is 4.79 Å². The third-order valence-electron chi connectivity index (χ3n) is 3.57. The second kappa shape index (κ2) is 1.22. The molecule has 2 bridgehead atoms. The summed E-state index contributed by atoms with van der Waals surface area (Å²) in [6.07, 6.45) is 1.68. The van der Waals surface area contributed by atoms with Crippen LogP contribution in [-0.2, 0) is 4.79 Å². The fourth-order valence-electron chi connectivity index (χ4n) is 2.85. The first-order valence-corrected chi connectivity index (χ1v) is 4.20. The molecule has 3 saturated heterocycles. The highest BCUT2D eigenvalue weighted by Crippen LogP contribution is 2.78. The summed E-state index contributed by atoms with van der Waals surface area (Å²) in [6, 6.07) is 4.37. The minimum atomic E-state index is 0.0256. The van der Waals surface area contributed by atoms with Gasteiger partial charge in [-0.05, 0) is 12.1 Å². The lowest BCUT2D eigenvalue weighted by molar-refractivity contribution is -0.171. The topological polar surface area (TPSA) is 33.5 Å². The van der Waals surface area contributed by atoms with Crippen molar-refractivity contribution in [3.8, 4) is 0 Å². The van der Waals surface area contributed by atoms with Gasteiger partial charge in [-0.25, -0.2) is 0 Å². The van der Waals surface area contributed by atoms with Crippen LogP contribution < -0.4 is 0 Å². The monoisotopic (exact) mass is 161 g/mol. The standard InChI is InChI=1S/C9H7NO2/c11-8-9-4-10(8)7(9)6(9)5-2-1-3-12-5/h1-3,6-7H,4H2. The normalized spacial score (nSPS) is 46.3. The van der Waals surface area contributed by atoms with Crippen molar-refractivity contribution in [3.63, 3.8) is 0 Å². The van der Waals surface area contributed by atoms with Crippen molar-refractivity contribution < 1.29 is 9.21 Å². The molecule has 0 aromatic carbocycles. The average molecular weight is 161 g/mol. The van der Waals surface area contributed by atoms with E-state index in [-0.39, 0.29) is 5.41 Å². The lowest BCUT2D eigenvalue weighted by atomic mass is 9.83. The largest absolute Gasteiger partial charge is 0.469 e. The van der Waals surface area contributed by atoms with E-state index in [0.29, 0.717) is 17.9 Å². The average Bonchev–Trinajstić information content (AvgIpc) is 2.46. The van der Waals surface area contributed by atoms with E-state index in [1.807, 2.05) is 17.0 Å². The number of hydrogen-bond acceptors (Lipinski definition) is 2. The molecule has 4 aliphatic rings. The molecule has 1 amide bonds. The Morgan fingerprint density at radius 3 is 3.00 bits per heavy atom. The molecule has 3 nitrogen and oxygen atoms in total. The molecule has 4 fully saturated rings. The van der Waals surface area contributed by atoms with Crippen molar-refractivity contribution in [1.82, 2.24) is 4.90 Å². The molecule has 3 aliphatic heterocycles. The number of rotatable bonds is 1. The smallest absolute Gasteiger partial charge is 0.233 e. The van der Waals surface area contributed by atoms with Gasteiger partial charge in [-0.2, -0.15) is 0 Å². The second-order valence-electron chi connectivity index (χ2n) is 3.91. The van der Waals surface area contributed by atoms with Crippen molar-refractivity contribution in [3.05, 3.63) is 24.2 Å². The molecule has 0 N–H and O–H groups in total. The number of nitrogens with zero attached hydrogens (tertiary/aromatic N) is 1. The summed E-state index contributed by atoms with van der Waals surface area (Å²) in [5, 5.41) is 0. The second-order valence-corrected chi connectivity index (χ2v) is 3.91. The number of carbonyl (C=O) groups is 1. The van der Waals surface area contributed by atoms with Gasteiger partial charge < -0.3 is 9.32 Å². The van der Waals surface area contributed by atoms with E-state index in [2.05, 4.69) is 0 Å². The first-order chi connectivity index (χ1) is 5.86. The van der Waals surface area contributed by atoms with E-state index >= 15 is 0 Å². The van der Waals surface area contributed by atoms with Gasteiger partial charge in [-0.1, -0.05) is 0 Å². The van der Waals surface area contributed by atoms with Gasteiger partial charge >= 0.3 is 0 Å². The minimum Gasteiger partial charge on any atom is -0.469 e. The zero-order valence-corrected chi connectivity index (χ0v) is 6.36. The lowest BCUT2D eigenvalue weighted by Crippen LogP contribution is -2.69. The molecular weight excluding hydrogens is 154 g/mol. The fraction of sp³-hybridized carbons (Fsp3) is 0.444. The summed E-state index contributed by atoms with van der Waals surface area (Å²) < 4.78 is 5.30. The molecule has 1 aromatic rings. The summed E-state index contributed by atoms with van der Waals surface area (Å²) in [5.74, 6) is 1.72. The summed E-state index contributed by atoms with van der Waals surface area (Å²) >= 11 is 0. The van der Waals surface area contributed by atoms with Crippen LogP contribution in [0.1, 0.15) is 11.7 Å². The van der Waals surface area contributed by atoms with E-state index in [4.69, 9.17) is 4.42 Å². The van der Waals surface area contributed by atoms with Gasteiger partial charge in [0.2, 0.25) is 5.91 Å². The van der Waals surface area contributed by atoms with Crippen molar-refractivity contribution in [1.29, 1.82) is 0 Å². The number of amides is 1. The Balaban J connectivity index is 1.80. The predicted octanol–water partition coefficient (Wildman–Crippen LogP) is 0.588. The van der Waals surface area contributed by atoms with Crippen LogP contribution in [0.5, 0.6) is 0 Å². The first-order valence-electron chi connectivity index (χ1n) is 4.20. The summed E-state index contributed by atoms with van der Waals surface area (Å²) in [7, 11) is 0. The zero-order valence-electron chi connectivity index (χ0n) is 6.36. The van der Waals surface area contributed by atoms with Crippen LogP contribution in [0.15, 0.2) is 22.8 Å². The van der Waals surface area contributed by atoms with Crippen LogP contribution >= 0.6 is 0 Å². The Bertz CT molecular complexity index is 383. The van der Waals surface area contributed by atoms with E-state index < -0.39 is 0 Å². The maximum Gasteiger partial charge on any atom is 0.233 e. The predicted molar refractivity (Wildman–Crippen MR) is 39.4 cm³/mol. The van der Waals surface area contributed by atoms with Gasteiger partial charge in [-0.15, -0.1) is 0 Å². The Hall–Kier alpha value is -1.25. The van der Waals surface area contributed by atoms with E-state index in [0.717, 1.165) is 12.3 Å². The molecular formula is C9H7NO2. The Kier molecular flexibility index (Phi) is 0.549. The number of carbonyl (C=O) groups excluding carboxylic acids is 1. The SMILES string of the molecule is O=C1N2CC13C(c1ccco1)C23. The van der Waals surface area contributed by atoms with E-state index in [1.54, 1.807) is 6.26 Å². The molecule has 1 aromatic heterocycles. The van der Waals surface area contributed by atoms with Gasteiger partial charge in [0.25, 0.3) is 0 Å². The van der Waals surface area contributed by atoms with Gasteiger partial charge in [0.05, 0.1) is 23.6 Å². The van der Waals surface area contributed by atoms with Crippen LogP contribution in [0, 0.1) is 5.41 Å². The van der Waals surface area contributed by atoms with Gasteiger partial charge in [0.1, 0.15) is 5.76 Å². The van der Waals surface area contributed by atoms with E-state index in [9.17, 15) is 4.79 Å². The lowest BCUT2D eigenvalue weighted by Gasteiger charge is -2.50. The van der Waals surface area contributed by atoms with Crippen LogP contribution in [0.2, 0.25) is 0 Å². The Morgan fingerprint density at radius 1 is 1.67 bits per heavy atom. The summed E-state index contributed by atoms with van der Waals surface area (Å²) in [4.78, 5) is 13.2. The summed E-state index contributed by atoms with van der Waals surface area (Å²) in [5.41, 5.74) is 0.0256. The highest BCUT2D eigenvalue weighted by Gasteiger charge is 2.92. The van der Waals surface area contributed by atoms with Gasteiger partial charge in [0, 0.05) is 6.54 Å². The first kappa shape index (κ1) is 5.41. The number of β-lactam (4-membered cyclic amide) rings is 2. The summed E-state index contributed by atoms with van der Waals surface area (Å²) in [6.45, 7) is 0.974. The van der Waals surface area contributed by atoms with Crippen molar-refractivity contribution >= 4 is 5.91 Å². The third-order valence-corrected chi connectivity index (χ3v) is 3.57. The molecule has 1 saturated carbocycles. The van der Waals surface area contributed by atoms with Crippen molar-refractivity contribution in [2.24, 2.45) is 5.41 Å². The molecule has 5 rings (SSSR count). The third kappa shape index (κ3) is 0.288. The van der Waals surface area contributed by atoms with Gasteiger partial charge in [0.15, 0.2) is 0 Å². The number of furan rings is 1. The van der Waals surface area contributed by atoms with Crippen LogP contribution in [-0.4, -0.2) is 23.4 Å². The van der Waals surface area contributed by atoms with E-state index in [1.165, 1.54) is 0 Å². The zero-order chi connectivity index (χ0) is 7.92. The Labute approximate surface area is 69.0 Å². The van der Waals surface area contributed by atoms with Crippen LogP contribution in [0.4, 0.5) is 0 Å². The molecule has 1 spiro atoms. The molecule has 3 atom stereocenters. The molecule has 60 valence electrons. The van der Waals surface area contributed by atoms with Crippen molar-refractivity contribution in [2.75, 3.05) is 6.54 Å². The van der Waals surface area contributed by atoms with Crippen molar-refractivity contribution in [2.45, 2.75) is 12.0 Å². The molecule has 0 radical (unpaired) electrons. The van der Waals surface area contributed by atoms with Crippen LogP contribution in [0.25, 0.3) is 0 Å². The van der Waals surface area contributed by atoms with Crippen LogP contribution in [0.3, 0.4) is 0 Å². The molecule has 12 heavy (non-hydrogen) atoms. The molecule has 3 heteroatoms. The fourth-order valence-corrected chi connectivity index (χ4v) is 2.85. The quantitative estimate of drug-likeness (QED) is 0.565. The minimum absolute atomic E-state index is 0.0256. The Morgan fingerprint density at radius 2 is 2.58 bits per heavy atom. The number of hydrogen-bond donors (Lipinski definition) is 0. The molecule has 1 aliphatic carbocycles. The maximum absolute atomic E-state index is 11.2.